The standard InChI is InChI=1S/C33H41N8.ClH.In/c1-41-32-24-16-8-9-17-25(24)33(41)40-31-23-15-7-5-13-21(23)29(38-31)36-27-19-11-3-2-10-18(19)26(34-27)35-28-20-12-4-6-14-22(20)30(37-28)39-32;;/h18-23H,2-17H2,1H3;1H;/q-1;;+2/p-1. The fourth-order valence-corrected chi connectivity index (χ4v) is 13.1. The summed E-state index contributed by atoms with van der Waals surface area (Å²) in [6.45, 7) is 0. The van der Waals surface area contributed by atoms with Crippen LogP contribution in [-0.4, -0.2) is 59.0 Å². The molecule has 0 amide bonds. The molecule has 9 rings (SSSR count). The normalized spacial score (nSPS) is 30.5. The number of hydrogen-bond acceptors (Lipinski definition) is 6. The summed E-state index contributed by atoms with van der Waals surface area (Å²) >= 11 is -1.63. The number of hydrogen-bond donors (Lipinski definition) is 0. The number of nitrogens with zero attached hydrogens (tertiary/aromatic N) is 8. The summed E-state index contributed by atoms with van der Waals surface area (Å²) in [5.41, 5.74) is 4.93. The molecule has 1 radical (unpaired) electrons. The Balaban J connectivity index is 1.40. The van der Waals surface area contributed by atoms with Crippen molar-refractivity contribution < 1.29 is 0 Å². The summed E-state index contributed by atoms with van der Waals surface area (Å²) in [7, 11) is 9.17. The Bertz CT molecular complexity index is 1550. The minimum absolute atomic E-state index is 0.361. The zero-order chi connectivity index (χ0) is 28.7. The van der Waals surface area contributed by atoms with Crippen molar-refractivity contribution in [3.63, 3.8) is 0 Å². The van der Waals surface area contributed by atoms with Crippen molar-refractivity contribution in [1.82, 2.24) is 37.0 Å². The zero-order valence-corrected chi connectivity index (χ0v) is 29.4. The van der Waals surface area contributed by atoms with E-state index in [1.54, 1.807) is 0 Å². The van der Waals surface area contributed by atoms with Crippen LogP contribution in [0.3, 0.4) is 0 Å². The van der Waals surface area contributed by atoms with Gasteiger partial charge in [-0.3, -0.25) is 0 Å². The average molecular weight is 700 g/mol. The molecule has 0 saturated heterocycles. The Morgan fingerprint density at radius 2 is 0.884 bits per heavy atom. The minimum atomic E-state index is -1.63. The molecule has 3 fully saturated rings. The molecular weight excluding hydrogens is 659 g/mol. The molecule has 0 aromatic carbocycles. The summed E-state index contributed by atoms with van der Waals surface area (Å²) in [5, 5.41) is 0. The first-order chi connectivity index (χ1) is 21.2. The zero-order valence-electron chi connectivity index (χ0n) is 25.3. The van der Waals surface area contributed by atoms with Crippen LogP contribution >= 0.6 is 8.58 Å². The van der Waals surface area contributed by atoms with Crippen molar-refractivity contribution in [2.45, 2.75) is 138 Å². The summed E-state index contributed by atoms with van der Waals surface area (Å²) in [6, 6.07) is 0. The fourth-order valence-electron chi connectivity index (χ4n) is 9.73. The number of aromatic nitrogens is 8. The van der Waals surface area contributed by atoms with E-state index in [1.165, 1.54) is 87.0 Å². The van der Waals surface area contributed by atoms with Gasteiger partial charge in [-0.1, -0.05) is 0 Å². The van der Waals surface area contributed by atoms with Gasteiger partial charge in [0.1, 0.15) is 0 Å². The van der Waals surface area contributed by atoms with Crippen LogP contribution in [0, 0.1) is 0 Å². The van der Waals surface area contributed by atoms with Crippen molar-refractivity contribution in [3.05, 3.63) is 46.1 Å². The Labute approximate surface area is 268 Å². The first-order valence-electron chi connectivity index (χ1n) is 17.1. The quantitative estimate of drug-likeness (QED) is 0.321. The Morgan fingerprint density at radius 3 is 1.28 bits per heavy atom. The van der Waals surface area contributed by atoms with Crippen molar-refractivity contribution in [1.29, 1.82) is 0 Å². The van der Waals surface area contributed by atoms with Crippen LogP contribution in [0.1, 0.15) is 171 Å². The van der Waals surface area contributed by atoms with E-state index in [-0.39, 0.29) is 0 Å². The number of halogens is 1. The topological polar surface area (TPSA) is 87.2 Å². The predicted molar refractivity (Wildman–Crippen MR) is 167 cm³/mol. The third kappa shape index (κ3) is 4.36. The SMILES string of the molecule is Cn1c2nc3nc(nc4[n]([In][Cl])c(nc5nc(nc1c1c2CCCC1)C1CCCCC51)C1CCCCC41)C1CCCCC31. The second kappa shape index (κ2) is 11.0. The summed E-state index contributed by atoms with van der Waals surface area (Å²) in [5.74, 6) is 8.66. The van der Waals surface area contributed by atoms with Crippen LogP contribution in [0.4, 0.5) is 0 Å². The van der Waals surface area contributed by atoms with E-state index < -0.39 is 22.0 Å². The second-order valence-electron chi connectivity index (χ2n) is 14.2. The first kappa shape index (κ1) is 27.6. The Kier molecular flexibility index (Phi) is 7.02. The van der Waals surface area contributed by atoms with Crippen LogP contribution in [0.15, 0.2) is 0 Å². The number of rotatable bonds is 1. The van der Waals surface area contributed by atoms with Crippen LogP contribution in [-0.2, 0) is 19.9 Å². The Morgan fingerprint density at radius 1 is 0.512 bits per heavy atom. The van der Waals surface area contributed by atoms with Crippen molar-refractivity contribution in [3.8, 4) is 0 Å². The summed E-state index contributed by atoms with van der Waals surface area (Å²) in [6.07, 6.45) is 19.0. The monoisotopic (exact) mass is 699 g/mol. The van der Waals surface area contributed by atoms with E-state index in [0.29, 0.717) is 35.5 Å². The van der Waals surface area contributed by atoms with Gasteiger partial charge in [0.2, 0.25) is 0 Å². The number of fused-ring (bicyclic) bond motifs is 20. The molecule has 4 aliphatic carbocycles. The van der Waals surface area contributed by atoms with Crippen molar-refractivity contribution in [2.75, 3.05) is 0 Å². The molecule has 0 N–H and O–H groups in total. The molecule has 3 saturated carbocycles. The first-order valence-corrected chi connectivity index (χ1v) is 22.8. The molecule has 2 aromatic heterocycles. The maximum atomic E-state index is 6.99. The number of aryl methyl sites for hydroxylation is 3. The molecule has 10 heteroatoms. The van der Waals surface area contributed by atoms with Gasteiger partial charge in [-0.05, 0) is 0 Å². The van der Waals surface area contributed by atoms with Gasteiger partial charge < -0.3 is 0 Å². The molecule has 7 aliphatic rings. The van der Waals surface area contributed by atoms with Crippen LogP contribution in [0.25, 0.3) is 11.3 Å². The molecule has 3 aliphatic heterocycles. The van der Waals surface area contributed by atoms with Gasteiger partial charge in [0.25, 0.3) is 0 Å². The van der Waals surface area contributed by atoms with Crippen LogP contribution < -0.4 is 0 Å². The van der Waals surface area contributed by atoms with Crippen LogP contribution in [0.5, 0.6) is 0 Å². The van der Waals surface area contributed by atoms with E-state index in [0.717, 1.165) is 73.1 Å². The molecule has 6 atom stereocenters. The molecule has 6 unspecified atom stereocenters. The van der Waals surface area contributed by atoms with E-state index in [1.807, 2.05) is 0 Å². The van der Waals surface area contributed by atoms with Gasteiger partial charge in [-0.25, -0.2) is 0 Å². The maximum absolute atomic E-state index is 6.99. The molecule has 0 spiro atoms. The summed E-state index contributed by atoms with van der Waals surface area (Å²) < 4.78 is 4.70. The van der Waals surface area contributed by atoms with E-state index in [4.69, 9.17) is 38.5 Å². The van der Waals surface area contributed by atoms with Gasteiger partial charge in [-0.2, -0.15) is 0 Å². The van der Waals surface area contributed by atoms with Gasteiger partial charge in [-0.15, -0.1) is 0 Å². The third-order valence-electron chi connectivity index (χ3n) is 11.9. The van der Waals surface area contributed by atoms with E-state index in [2.05, 4.69) is 14.2 Å². The predicted octanol–water partition coefficient (Wildman–Crippen LogP) is 6.93. The summed E-state index contributed by atoms with van der Waals surface area (Å²) in [4.78, 5) is 32.7. The molecule has 2 aromatic rings. The van der Waals surface area contributed by atoms with Gasteiger partial charge in [0, 0.05) is 0 Å². The molecular formula is C33H41ClInN8. The molecule has 223 valence electrons. The molecule has 43 heavy (non-hydrogen) atoms. The van der Waals surface area contributed by atoms with Crippen molar-refractivity contribution in [2.24, 2.45) is 7.05 Å². The Hall–Kier alpha value is -1.74. The van der Waals surface area contributed by atoms with Gasteiger partial charge >= 0.3 is 270 Å². The van der Waals surface area contributed by atoms with Crippen molar-refractivity contribution >= 4 is 41.9 Å². The van der Waals surface area contributed by atoms with E-state index in [9.17, 15) is 0 Å². The van der Waals surface area contributed by atoms with Gasteiger partial charge in [0.05, 0.1) is 0 Å². The molecule has 8 nitrogen and oxygen atoms in total. The van der Waals surface area contributed by atoms with Crippen LogP contribution in [0.2, 0.25) is 0 Å². The average Bonchev–Trinajstić information content (AvgIpc) is 3.74. The van der Waals surface area contributed by atoms with E-state index >= 15 is 0 Å². The molecule has 5 heterocycles. The molecule has 8 bridgehead atoms. The fraction of sp³-hybridized carbons (Fsp3) is 0.697. The second-order valence-corrected chi connectivity index (χ2v) is 17.5. The van der Waals surface area contributed by atoms with Gasteiger partial charge in [0.15, 0.2) is 0 Å². The third-order valence-corrected chi connectivity index (χ3v) is 15.3.